The number of rotatable bonds is 6. The maximum atomic E-state index is 12.9. The molecule has 1 saturated heterocycles. The van der Waals surface area contributed by atoms with Crippen LogP contribution < -0.4 is 10.9 Å². The molecule has 0 atom stereocenters. The highest BCUT2D eigenvalue weighted by atomic mass is 16.2. The number of hydrogen-bond donors (Lipinski definition) is 1. The average Bonchev–Trinajstić information content (AvgIpc) is 2.77. The van der Waals surface area contributed by atoms with Crippen molar-refractivity contribution < 1.29 is 4.79 Å². The van der Waals surface area contributed by atoms with Crippen molar-refractivity contribution >= 4 is 16.8 Å². The molecule has 0 unspecified atom stereocenters. The van der Waals surface area contributed by atoms with E-state index in [1.807, 2.05) is 47.9 Å². The molecule has 0 radical (unpaired) electrons. The fraction of sp³-hybridized carbons (Fsp3) is 0.400. The van der Waals surface area contributed by atoms with Crippen molar-refractivity contribution in [1.82, 2.24) is 19.8 Å². The third-order valence-corrected chi connectivity index (χ3v) is 6.18. The molecule has 1 amide bonds. The van der Waals surface area contributed by atoms with E-state index in [0.717, 1.165) is 42.8 Å². The lowest BCUT2D eigenvalue weighted by atomic mass is 9.96. The Bertz CT molecular complexity index is 1110. The molecule has 0 saturated carbocycles. The van der Waals surface area contributed by atoms with Crippen LogP contribution in [0.15, 0.2) is 53.3 Å². The van der Waals surface area contributed by atoms with Crippen LogP contribution in [0.4, 0.5) is 0 Å². The van der Waals surface area contributed by atoms with Gasteiger partial charge in [-0.15, -0.1) is 0 Å². The molecule has 6 heteroatoms. The molecule has 4 rings (SSSR count). The first kappa shape index (κ1) is 21.2. The zero-order valence-corrected chi connectivity index (χ0v) is 18.3. The fourth-order valence-electron chi connectivity index (χ4n) is 4.24. The Balaban J connectivity index is 1.28. The second-order valence-electron chi connectivity index (χ2n) is 8.57. The van der Waals surface area contributed by atoms with Crippen molar-refractivity contribution in [3.8, 4) is 0 Å². The van der Waals surface area contributed by atoms with Crippen LogP contribution in [0.1, 0.15) is 29.8 Å². The summed E-state index contributed by atoms with van der Waals surface area (Å²) in [6, 6.07) is 15.7. The molecule has 0 aliphatic carbocycles. The van der Waals surface area contributed by atoms with Crippen LogP contribution in [0, 0.1) is 19.8 Å². The molecule has 3 aromatic rings. The van der Waals surface area contributed by atoms with E-state index in [1.165, 1.54) is 5.56 Å². The van der Waals surface area contributed by atoms with Gasteiger partial charge in [-0.25, -0.2) is 4.98 Å². The largest absolute Gasteiger partial charge is 0.351 e. The van der Waals surface area contributed by atoms with E-state index >= 15 is 0 Å². The van der Waals surface area contributed by atoms with Crippen LogP contribution in [0.25, 0.3) is 10.9 Å². The number of carbonyl (C=O) groups is 1. The summed E-state index contributed by atoms with van der Waals surface area (Å²) in [6.07, 6.45) is 1.95. The molecule has 1 aliphatic heterocycles. The van der Waals surface area contributed by atoms with Crippen molar-refractivity contribution in [2.45, 2.75) is 39.8 Å². The lowest BCUT2D eigenvalue weighted by Crippen LogP contribution is -2.42. The summed E-state index contributed by atoms with van der Waals surface area (Å²) in [7, 11) is 0. The van der Waals surface area contributed by atoms with Gasteiger partial charge in [-0.2, -0.15) is 0 Å². The molecule has 1 aliphatic rings. The lowest BCUT2D eigenvalue weighted by molar-refractivity contribution is -0.122. The first-order chi connectivity index (χ1) is 15.0. The monoisotopic (exact) mass is 418 g/mol. The first-order valence-corrected chi connectivity index (χ1v) is 11.0. The number of aryl methyl sites for hydroxylation is 2. The summed E-state index contributed by atoms with van der Waals surface area (Å²) in [6.45, 7) is 7.38. The highest BCUT2D eigenvalue weighted by Crippen LogP contribution is 2.19. The van der Waals surface area contributed by atoms with Crippen LogP contribution in [0.5, 0.6) is 0 Å². The predicted octanol–water partition coefficient (Wildman–Crippen LogP) is 3.04. The van der Waals surface area contributed by atoms with Crippen LogP contribution in [-0.4, -0.2) is 40.0 Å². The summed E-state index contributed by atoms with van der Waals surface area (Å²) >= 11 is 0. The molecule has 2 aromatic carbocycles. The quantitative estimate of drug-likeness (QED) is 0.668. The van der Waals surface area contributed by atoms with E-state index < -0.39 is 0 Å². The number of nitrogens with zero attached hydrogens (tertiary/aromatic N) is 3. The van der Waals surface area contributed by atoms with E-state index in [9.17, 15) is 9.59 Å². The van der Waals surface area contributed by atoms with Gasteiger partial charge in [0.25, 0.3) is 5.56 Å². The van der Waals surface area contributed by atoms with Gasteiger partial charge in [0.2, 0.25) is 5.91 Å². The number of piperidine rings is 1. The topological polar surface area (TPSA) is 67.2 Å². The smallest absolute Gasteiger partial charge is 0.261 e. The number of aromatic nitrogens is 2. The van der Waals surface area contributed by atoms with Crippen molar-refractivity contribution in [3.05, 3.63) is 75.8 Å². The maximum absolute atomic E-state index is 12.9. The van der Waals surface area contributed by atoms with Gasteiger partial charge in [-0.3, -0.25) is 19.1 Å². The summed E-state index contributed by atoms with van der Waals surface area (Å²) in [5, 5.41) is 3.69. The van der Waals surface area contributed by atoms with Gasteiger partial charge in [0.15, 0.2) is 0 Å². The molecule has 31 heavy (non-hydrogen) atoms. The number of carbonyl (C=O) groups excluding carboxylic acids is 1. The van der Waals surface area contributed by atoms with Gasteiger partial charge in [0, 0.05) is 13.1 Å². The Kier molecular flexibility index (Phi) is 6.47. The van der Waals surface area contributed by atoms with Crippen LogP contribution in [-0.2, 0) is 17.9 Å². The Morgan fingerprint density at radius 3 is 2.52 bits per heavy atom. The molecule has 6 nitrogen and oxygen atoms in total. The number of nitrogens with one attached hydrogen (secondary N) is 1. The second kappa shape index (κ2) is 9.43. The summed E-state index contributed by atoms with van der Waals surface area (Å²) in [5.41, 5.74) is 3.13. The SMILES string of the molecule is Cc1ccc(CNC(=O)CN2CCC(Cn3c(C)nc4ccccc4c3=O)CC2)cc1. The van der Waals surface area contributed by atoms with Gasteiger partial charge in [0.05, 0.1) is 17.4 Å². The Hall–Kier alpha value is -2.99. The Morgan fingerprint density at radius 2 is 1.77 bits per heavy atom. The van der Waals surface area contributed by atoms with E-state index in [1.54, 1.807) is 0 Å². The first-order valence-electron chi connectivity index (χ1n) is 11.0. The zero-order chi connectivity index (χ0) is 21.8. The minimum atomic E-state index is 0.0426. The third-order valence-electron chi connectivity index (χ3n) is 6.18. The van der Waals surface area contributed by atoms with Crippen molar-refractivity contribution in [1.29, 1.82) is 0 Å². The van der Waals surface area contributed by atoms with Crippen molar-refractivity contribution in [2.75, 3.05) is 19.6 Å². The van der Waals surface area contributed by atoms with E-state index in [4.69, 9.17) is 0 Å². The number of fused-ring (bicyclic) bond motifs is 1. The maximum Gasteiger partial charge on any atom is 0.261 e. The highest BCUT2D eigenvalue weighted by molar-refractivity contribution is 5.78. The summed E-state index contributed by atoms with van der Waals surface area (Å²) in [5.74, 6) is 1.25. The Labute approximate surface area is 182 Å². The minimum Gasteiger partial charge on any atom is -0.351 e. The number of hydrogen-bond acceptors (Lipinski definition) is 4. The van der Waals surface area contributed by atoms with Gasteiger partial charge < -0.3 is 5.32 Å². The molecule has 0 bridgehead atoms. The van der Waals surface area contributed by atoms with E-state index in [2.05, 4.69) is 34.3 Å². The van der Waals surface area contributed by atoms with Crippen molar-refractivity contribution in [2.24, 2.45) is 5.92 Å². The van der Waals surface area contributed by atoms with Crippen LogP contribution in [0.2, 0.25) is 0 Å². The van der Waals surface area contributed by atoms with Crippen molar-refractivity contribution in [3.63, 3.8) is 0 Å². The molecule has 1 aromatic heterocycles. The third kappa shape index (κ3) is 5.20. The van der Waals surface area contributed by atoms with Gasteiger partial charge in [0.1, 0.15) is 5.82 Å². The molecular weight excluding hydrogens is 388 g/mol. The van der Waals surface area contributed by atoms with E-state index in [0.29, 0.717) is 30.9 Å². The van der Waals surface area contributed by atoms with Crippen LogP contribution in [0.3, 0.4) is 0 Å². The van der Waals surface area contributed by atoms with Gasteiger partial charge >= 0.3 is 0 Å². The van der Waals surface area contributed by atoms with E-state index in [-0.39, 0.29) is 11.5 Å². The highest BCUT2D eigenvalue weighted by Gasteiger charge is 2.22. The van der Waals surface area contributed by atoms with Crippen LogP contribution >= 0.6 is 0 Å². The number of likely N-dealkylation sites (tertiary alicyclic amines) is 1. The average molecular weight is 419 g/mol. The number of benzene rings is 2. The minimum absolute atomic E-state index is 0.0426. The molecule has 0 spiro atoms. The molecule has 1 fully saturated rings. The second-order valence-corrected chi connectivity index (χ2v) is 8.57. The van der Waals surface area contributed by atoms with Gasteiger partial charge in [-0.05, 0) is 63.4 Å². The normalized spacial score (nSPS) is 15.3. The standard InChI is InChI=1S/C25H30N4O2/c1-18-7-9-20(10-8-18)15-26-24(30)17-28-13-11-21(12-14-28)16-29-19(2)27-23-6-4-3-5-22(23)25(29)31/h3-10,21H,11-17H2,1-2H3,(H,26,30). The zero-order valence-electron chi connectivity index (χ0n) is 18.3. The summed E-state index contributed by atoms with van der Waals surface area (Å²) in [4.78, 5) is 32.0. The summed E-state index contributed by atoms with van der Waals surface area (Å²) < 4.78 is 1.82. The molecule has 1 N–H and O–H groups in total. The van der Waals surface area contributed by atoms with Gasteiger partial charge in [-0.1, -0.05) is 42.0 Å². The molecular formula is C25H30N4O2. The lowest BCUT2D eigenvalue weighted by Gasteiger charge is -2.32. The predicted molar refractivity (Wildman–Crippen MR) is 123 cm³/mol. The Morgan fingerprint density at radius 1 is 1.06 bits per heavy atom. The molecule has 2 heterocycles. The fourth-order valence-corrected chi connectivity index (χ4v) is 4.24. The number of para-hydroxylation sites is 1. The molecule has 162 valence electrons. The number of amides is 1.